The summed E-state index contributed by atoms with van der Waals surface area (Å²) < 4.78 is 68.3. The second-order valence-corrected chi connectivity index (χ2v) is 27.4. The molecular formula is C77H132O17P2. The molecule has 0 aliphatic carbocycles. The lowest BCUT2D eigenvalue weighted by Crippen LogP contribution is -2.30. The van der Waals surface area contributed by atoms with E-state index in [1.807, 2.05) is 0 Å². The van der Waals surface area contributed by atoms with E-state index in [0.717, 1.165) is 135 Å². The van der Waals surface area contributed by atoms with E-state index < -0.39 is 97.5 Å². The van der Waals surface area contributed by atoms with Crippen LogP contribution in [0.4, 0.5) is 0 Å². The fourth-order valence-electron chi connectivity index (χ4n) is 9.61. The van der Waals surface area contributed by atoms with Gasteiger partial charge in [0.15, 0.2) is 12.2 Å². The fourth-order valence-corrected chi connectivity index (χ4v) is 11.2. The fraction of sp³-hybridized carbons (Fsp3) is 0.714. The number of phosphoric ester groups is 2. The highest BCUT2D eigenvalue weighted by atomic mass is 31.2. The number of aliphatic hydroxyl groups is 1. The number of aliphatic hydroxyl groups excluding tert-OH is 1. The van der Waals surface area contributed by atoms with Crippen LogP contribution >= 0.6 is 15.6 Å². The zero-order valence-electron chi connectivity index (χ0n) is 60.0. The molecule has 552 valence electrons. The van der Waals surface area contributed by atoms with Crippen molar-refractivity contribution in [1.29, 1.82) is 0 Å². The monoisotopic (exact) mass is 1390 g/mol. The van der Waals surface area contributed by atoms with Gasteiger partial charge in [-0.2, -0.15) is 0 Å². The Morgan fingerprint density at radius 2 is 0.542 bits per heavy atom. The van der Waals surface area contributed by atoms with Crippen LogP contribution in [0.2, 0.25) is 0 Å². The van der Waals surface area contributed by atoms with Gasteiger partial charge in [-0.05, 0) is 128 Å². The smallest absolute Gasteiger partial charge is 0.462 e. The standard InChI is InChI=1S/C77H132O17P2/c1-5-9-13-17-21-25-29-32-35-38-42-45-49-53-57-61-74(79)87-67-72(93-76(81)63-59-55-51-47-41-28-24-20-16-12-8-4)69-91-95(83,84)89-65-71(78)66-90-96(85,86)92-70-73(94-77(82)64-60-56-52-48-44-40-37-34-31-27-23-19-15-11-7-3)68-88-75(80)62-58-54-50-46-43-39-36-33-30-26-22-18-14-10-6-2/h10-11,14-15,22-23,26-27,32-37,43-44,46,48,71-73,78H,5-9,12-13,16-21,24-25,28-31,38-42,45,47,49-70H2,1-4H3,(H,83,84)(H,85,86)/b14-10-,15-11-,26-22-,27-23-,35-32-,36-33-,37-34-,46-43-,48-44-. The number of allylic oxidation sites excluding steroid dienone is 18. The number of phosphoric acid groups is 2. The second-order valence-electron chi connectivity index (χ2n) is 24.5. The van der Waals surface area contributed by atoms with E-state index >= 15 is 0 Å². The van der Waals surface area contributed by atoms with Gasteiger partial charge in [-0.1, -0.05) is 253 Å². The topological polar surface area (TPSA) is 237 Å². The highest BCUT2D eigenvalue weighted by Gasteiger charge is 2.30. The molecule has 96 heavy (non-hydrogen) atoms. The summed E-state index contributed by atoms with van der Waals surface area (Å²) in [5.41, 5.74) is 0. The Balaban J connectivity index is 5.40. The summed E-state index contributed by atoms with van der Waals surface area (Å²) in [6, 6.07) is 0. The van der Waals surface area contributed by atoms with Crippen LogP contribution in [0.3, 0.4) is 0 Å². The van der Waals surface area contributed by atoms with Gasteiger partial charge in [-0.25, -0.2) is 9.13 Å². The molecule has 0 heterocycles. The quantitative estimate of drug-likeness (QED) is 0.0169. The Kier molecular flexibility index (Phi) is 66.1. The number of esters is 4. The van der Waals surface area contributed by atoms with Crippen LogP contribution in [-0.2, 0) is 65.4 Å². The van der Waals surface area contributed by atoms with Gasteiger partial charge in [0.2, 0.25) is 0 Å². The van der Waals surface area contributed by atoms with Crippen molar-refractivity contribution in [1.82, 2.24) is 0 Å². The summed E-state index contributed by atoms with van der Waals surface area (Å²) >= 11 is 0. The third-order valence-corrected chi connectivity index (χ3v) is 17.1. The van der Waals surface area contributed by atoms with Crippen molar-refractivity contribution in [2.45, 2.75) is 316 Å². The molecule has 17 nitrogen and oxygen atoms in total. The highest BCUT2D eigenvalue weighted by Crippen LogP contribution is 2.45. The third-order valence-electron chi connectivity index (χ3n) is 15.2. The van der Waals surface area contributed by atoms with Crippen molar-refractivity contribution in [3.05, 3.63) is 109 Å². The van der Waals surface area contributed by atoms with Gasteiger partial charge in [0, 0.05) is 25.7 Å². The molecule has 0 fully saturated rings. The summed E-state index contributed by atoms with van der Waals surface area (Å²) in [7, 11) is -9.97. The van der Waals surface area contributed by atoms with Crippen LogP contribution in [-0.4, -0.2) is 96.7 Å². The van der Waals surface area contributed by atoms with Crippen molar-refractivity contribution in [3.63, 3.8) is 0 Å². The molecule has 0 aromatic carbocycles. The summed E-state index contributed by atoms with van der Waals surface area (Å²) in [5.74, 6) is -2.27. The van der Waals surface area contributed by atoms with Gasteiger partial charge in [-0.3, -0.25) is 37.3 Å². The average Bonchev–Trinajstić information content (AvgIpc) is 1.09. The second kappa shape index (κ2) is 69.2. The maximum absolute atomic E-state index is 13.0. The molecule has 0 bridgehead atoms. The van der Waals surface area contributed by atoms with E-state index in [1.165, 1.54) is 77.0 Å². The van der Waals surface area contributed by atoms with Crippen LogP contribution in [0, 0.1) is 0 Å². The highest BCUT2D eigenvalue weighted by molar-refractivity contribution is 7.47. The van der Waals surface area contributed by atoms with E-state index in [0.29, 0.717) is 32.1 Å². The molecule has 0 aromatic rings. The lowest BCUT2D eigenvalue weighted by molar-refractivity contribution is -0.161. The first-order valence-electron chi connectivity index (χ1n) is 37.1. The maximum atomic E-state index is 13.0. The summed E-state index contributed by atoms with van der Waals surface area (Å²) in [5, 5.41) is 10.6. The number of unbranched alkanes of at least 4 members (excludes halogenated alkanes) is 25. The Hall–Kier alpha value is -4.28. The minimum Gasteiger partial charge on any atom is -0.462 e. The number of carbonyl (C=O) groups excluding carboxylic acids is 4. The van der Waals surface area contributed by atoms with Gasteiger partial charge >= 0.3 is 39.5 Å². The van der Waals surface area contributed by atoms with Crippen LogP contribution in [0.5, 0.6) is 0 Å². The summed E-state index contributed by atoms with van der Waals surface area (Å²) in [4.78, 5) is 72.7. The Morgan fingerprint density at radius 1 is 0.302 bits per heavy atom. The molecule has 5 unspecified atom stereocenters. The maximum Gasteiger partial charge on any atom is 0.472 e. The van der Waals surface area contributed by atoms with Crippen LogP contribution in [0.15, 0.2) is 109 Å². The average molecular weight is 1390 g/mol. The van der Waals surface area contributed by atoms with Gasteiger partial charge in [0.1, 0.15) is 19.3 Å². The van der Waals surface area contributed by atoms with E-state index in [-0.39, 0.29) is 25.7 Å². The first kappa shape index (κ1) is 91.7. The molecule has 0 spiro atoms. The lowest BCUT2D eigenvalue weighted by Gasteiger charge is -2.21. The van der Waals surface area contributed by atoms with Gasteiger partial charge in [0.05, 0.1) is 26.4 Å². The van der Waals surface area contributed by atoms with Crippen molar-refractivity contribution in [2.75, 3.05) is 39.6 Å². The van der Waals surface area contributed by atoms with Gasteiger partial charge in [-0.15, -0.1) is 0 Å². The number of rotatable bonds is 69. The van der Waals surface area contributed by atoms with Gasteiger partial charge in [0.25, 0.3) is 0 Å². The van der Waals surface area contributed by atoms with E-state index in [4.69, 9.17) is 37.0 Å². The first-order chi connectivity index (χ1) is 46.7. The molecule has 5 atom stereocenters. The van der Waals surface area contributed by atoms with E-state index in [2.05, 4.69) is 137 Å². The van der Waals surface area contributed by atoms with Crippen molar-refractivity contribution < 1.29 is 80.2 Å². The van der Waals surface area contributed by atoms with Gasteiger partial charge < -0.3 is 33.8 Å². The zero-order chi connectivity index (χ0) is 70.4. The van der Waals surface area contributed by atoms with Crippen LogP contribution in [0.25, 0.3) is 0 Å². The SMILES string of the molecule is CC/C=C\C/C=C\C/C=C\C/C=C\CCCCC(=O)OCC(COP(=O)(O)OCC(O)COP(=O)(O)OCC(COC(=O)CCCCCCC/C=C\CCCCCCCC)OC(=O)CCCCCCCCCCCCC)OC(=O)CCCC/C=C\C/C=C\C/C=C\C/C=C\CC. The normalized spacial score (nSPS) is 14.6. The Bertz CT molecular complexity index is 2250. The third kappa shape index (κ3) is 68.3. The molecule has 0 amide bonds. The molecule has 0 saturated heterocycles. The predicted octanol–water partition coefficient (Wildman–Crippen LogP) is 21.0. The van der Waals surface area contributed by atoms with E-state index in [1.54, 1.807) is 0 Å². The molecule has 0 rings (SSSR count). The molecule has 0 aliphatic heterocycles. The number of hydrogen-bond acceptors (Lipinski definition) is 15. The number of carbonyl (C=O) groups is 4. The molecule has 0 aromatic heterocycles. The van der Waals surface area contributed by atoms with Crippen molar-refractivity contribution in [2.24, 2.45) is 0 Å². The molecule has 0 aliphatic rings. The molecular weight excluding hydrogens is 1260 g/mol. The minimum atomic E-state index is -4.99. The largest absolute Gasteiger partial charge is 0.472 e. The van der Waals surface area contributed by atoms with Crippen molar-refractivity contribution in [3.8, 4) is 0 Å². The van der Waals surface area contributed by atoms with Crippen LogP contribution < -0.4 is 0 Å². The Labute approximate surface area is 581 Å². The Morgan fingerprint density at radius 3 is 0.865 bits per heavy atom. The predicted molar refractivity (Wildman–Crippen MR) is 390 cm³/mol. The molecule has 0 saturated carbocycles. The lowest BCUT2D eigenvalue weighted by atomic mass is 10.1. The van der Waals surface area contributed by atoms with E-state index in [9.17, 15) is 43.2 Å². The molecule has 0 radical (unpaired) electrons. The van der Waals surface area contributed by atoms with Crippen molar-refractivity contribution >= 4 is 39.5 Å². The summed E-state index contributed by atoms with van der Waals surface area (Å²) in [6.07, 6.45) is 72.4. The first-order valence-corrected chi connectivity index (χ1v) is 40.1. The number of hydrogen-bond donors (Lipinski definition) is 3. The minimum absolute atomic E-state index is 0.0319. The zero-order valence-corrected chi connectivity index (χ0v) is 61.8. The molecule has 19 heteroatoms. The van der Waals surface area contributed by atoms with Crippen LogP contribution in [0.1, 0.15) is 297 Å². The molecule has 3 N–H and O–H groups in total. The summed E-state index contributed by atoms with van der Waals surface area (Å²) in [6.45, 7) is 4.53. The number of ether oxygens (including phenoxy) is 4.